The first-order valence-electron chi connectivity index (χ1n) is 10.9. The van der Waals surface area contributed by atoms with Gasteiger partial charge in [0, 0.05) is 39.7 Å². The molecule has 156 valence electrons. The molecule has 6 rings (SSSR count). The van der Waals surface area contributed by atoms with Crippen LogP contribution in [-0.4, -0.2) is 10.8 Å². The Morgan fingerprint density at radius 3 is 2.50 bits per heavy atom. The van der Waals surface area contributed by atoms with Crippen LogP contribution in [0, 0.1) is 0 Å². The number of aromatic nitrogens is 1. The third-order valence-electron chi connectivity index (χ3n) is 6.69. The van der Waals surface area contributed by atoms with Crippen LogP contribution >= 0.6 is 15.9 Å². The molecular weight excluding hydrogens is 460 g/mol. The smallest absolute Gasteiger partial charge is 0.162 e. The number of rotatable bonds is 2. The number of anilines is 1. The third-order valence-corrected chi connectivity index (χ3v) is 7.41. The Morgan fingerprint density at radius 2 is 1.66 bits per heavy atom. The Labute approximate surface area is 195 Å². The number of nitrogens with zero attached hydrogens (tertiary/aromatic N) is 1. The second-order valence-electron chi connectivity index (χ2n) is 8.51. The molecule has 1 aromatic heterocycles. The summed E-state index contributed by atoms with van der Waals surface area (Å²) < 4.78 is 1.02. The predicted molar refractivity (Wildman–Crippen MR) is 132 cm³/mol. The number of carbonyl (C=O) groups is 1. The van der Waals surface area contributed by atoms with Crippen LogP contribution in [0.2, 0.25) is 0 Å². The molecule has 4 aromatic rings. The van der Waals surface area contributed by atoms with Crippen molar-refractivity contribution in [2.75, 3.05) is 5.32 Å². The molecule has 2 unspecified atom stereocenters. The molecule has 0 amide bonds. The largest absolute Gasteiger partial charge is 0.358 e. The molecule has 0 fully saturated rings. The van der Waals surface area contributed by atoms with Crippen LogP contribution in [-0.2, 0) is 4.79 Å². The van der Waals surface area contributed by atoms with Crippen molar-refractivity contribution in [3.05, 3.63) is 117 Å². The number of ketones is 1. The van der Waals surface area contributed by atoms with Gasteiger partial charge >= 0.3 is 0 Å². The summed E-state index contributed by atoms with van der Waals surface area (Å²) in [4.78, 5) is 18.2. The van der Waals surface area contributed by atoms with Gasteiger partial charge in [-0.2, -0.15) is 0 Å². The van der Waals surface area contributed by atoms with Crippen molar-refractivity contribution in [1.29, 1.82) is 0 Å². The van der Waals surface area contributed by atoms with Gasteiger partial charge in [-0.1, -0.05) is 70.5 Å². The number of allylic oxidation sites excluding steroid dienone is 2. The van der Waals surface area contributed by atoms with Crippen molar-refractivity contribution < 1.29 is 4.79 Å². The van der Waals surface area contributed by atoms with Crippen LogP contribution in [0.25, 0.3) is 10.9 Å². The molecule has 0 saturated heterocycles. The maximum Gasteiger partial charge on any atom is 0.162 e. The molecule has 2 aliphatic rings. The molecule has 0 spiro atoms. The van der Waals surface area contributed by atoms with Crippen LogP contribution in [0.15, 0.2) is 101 Å². The van der Waals surface area contributed by atoms with E-state index in [0.29, 0.717) is 6.42 Å². The quantitative estimate of drug-likeness (QED) is 0.337. The van der Waals surface area contributed by atoms with Crippen molar-refractivity contribution >= 4 is 38.3 Å². The van der Waals surface area contributed by atoms with Crippen LogP contribution < -0.4 is 5.32 Å². The highest BCUT2D eigenvalue weighted by atomic mass is 79.9. The van der Waals surface area contributed by atoms with Crippen molar-refractivity contribution in [2.45, 2.75) is 24.7 Å². The number of carbonyl (C=O) groups excluding carboxylic acids is 1. The summed E-state index contributed by atoms with van der Waals surface area (Å²) in [6.07, 6.45) is 3.18. The van der Waals surface area contributed by atoms with E-state index in [-0.39, 0.29) is 17.6 Å². The zero-order chi connectivity index (χ0) is 21.7. The lowest BCUT2D eigenvalue weighted by Gasteiger charge is -2.37. The highest BCUT2D eigenvalue weighted by Crippen LogP contribution is 2.50. The van der Waals surface area contributed by atoms with Gasteiger partial charge in [0.1, 0.15) is 0 Å². The predicted octanol–water partition coefficient (Wildman–Crippen LogP) is 6.96. The summed E-state index contributed by atoms with van der Waals surface area (Å²) in [6.45, 7) is 0. The highest BCUT2D eigenvalue weighted by Gasteiger charge is 2.39. The highest BCUT2D eigenvalue weighted by molar-refractivity contribution is 9.10. The van der Waals surface area contributed by atoms with Gasteiger partial charge in [0.05, 0.1) is 11.2 Å². The van der Waals surface area contributed by atoms with Gasteiger partial charge in [0.2, 0.25) is 0 Å². The van der Waals surface area contributed by atoms with Gasteiger partial charge in [0.15, 0.2) is 5.78 Å². The molecule has 1 aliphatic carbocycles. The summed E-state index contributed by atoms with van der Waals surface area (Å²) >= 11 is 3.75. The number of hydrogen-bond donors (Lipinski definition) is 1. The van der Waals surface area contributed by atoms with Crippen molar-refractivity contribution in [3.63, 3.8) is 0 Å². The van der Waals surface area contributed by atoms with Crippen LogP contribution in [0.5, 0.6) is 0 Å². The van der Waals surface area contributed by atoms with Gasteiger partial charge in [-0.15, -0.1) is 0 Å². The van der Waals surface area contributed by atoms with E-state index in [1.54, 1.807) is 0 Å². The molecule has 3 aromatic carbocycles. The van der Waals surface area contributed by atoms with E-state index in [0.717, 1.165) is 49.9 Å². The lowest BCUT2D eigenvalue weighted by atomic mass is 9.71. The van der Waals surface area contributed by atoms with E-state index in [4.69, 9.17) is 0 Å². The maximum atomic E-state index is 13.7. The number of halogens is 1. The Hall–Kier alpha value is -3.24. The van der Waals surface area contributed by atoms with Gasteiger partial charge < -0.3 is 5.32 Å². The van der Waals surface area contributed by atoms with E-state index in [2.05, 4.69) is 80.8 Å². The zero-order valence-electron chi connectivity index (χ0n) is 17.4. The molecular formula is C28H21BrN2O. The van der Waals surface area contributed by atoms with Gasteiger partial charge in [-0.3, -0.25) is 9.78 Å². The fraction of sp³-hybridized carbons (Fsp3) is 0.143. The minimum Gasteiger partial charge on any atom is -0.358 e. The van der Waals surface area contributed by atoms with Gasteiger partial charge in [-0.25, -0.2) is 0 Å². The van der Waals surface area contributed by atoms with Crippen molar-refractivity contribution in [2.24, 2.45) is 0 Å². The Balaban J connectivity index is 1.57. The molecule has 3 nitrogen and oxygen atoms in total. The minimum absolute atomic E-state index is 0.106. The standard InChI is InChI=1S/C28H21BrN2O/c29-22-11-5-4-9-19(22)26-21-12-13-23-20(10-6-14-30-23)28(21)31-24-15-18(16-25(32)27(24)26)17-7-2-1-3-8-17/h1-14,18,26,31H,15-16H2. The van der Waals surface area contributed by atoms with Crippen LogP contribution in [0.4, 0.5) is 5.69 Å². The molecule has 0 saturated carbocycles. The number of nitrogens with one attached hydrogen (secondary N) is 1. The summed E-state index contributed by atoms with van der Waals surface area (Å²) in [5.41, 5.74) is 7.43. The number of fused-ring (bicyclic) bond motifs is 3. The Morgan fingerprint density at radius 1 is 0.844 bits per heavy atom. The van der Waals surface area contributed by atoms with Crippen LogP contribution in [0.3, 0.4) is 0 Å². The van der Waals surface area contributed by atoms with Gasteiger partial charge in [-0.05, 0) is 53.3 Å². The summed E-state index contributed by atoms with van der Waals surface area (Å²) in [6, 6.07) is 26.9. The third kappa shape index (κ3) is 3.09. The summed E-state index contributed by atoms with van der Waals surface area (Å²) in [7, 11) is 0. The number of Topliss-reactive ketones (excluding diaryl/α,β-unsaturated/α-hetero) is 1. The summed E-state index contributed by atoms with van der Waals surface area (Å²) in [5.74, 6) is 0.306. The number of benzene rings is 3. The first-order chi connectivity index (χ1) is 15.7. The minimum atomic E-state index is -0.106. The molecule has 2 atom stereocenters. The van der Waals surface area contributed by atoms with Crippen molar-refractivity contribution in [1.82, 2.24) is 4.98 Å². The van der Waals surface area contributed by atoms with E-state index < -0.39 is 0 Å². The average Bonchev–Trinajstić information content (AvgIpc) is 2.83. The topological polar surface area (TPSA) is 42.0 Å². The zero-order valence-corrected chi connectivity index (χ0v) is 19.0. The fourth-order valence-corrected chi connectivity index (χ4v) is 5.75. The molecule has 4 heteroatoms. The first-order valence-corrected chi connectivity index (χ1v) is 11.7. The van der Waals surface area contributed by atoms with E-state index >= 15 is 0 Å². The molecule has 0 radical (unpaired) electrons. The van der Waals surface area contributed by atoms with Crippen LogP contribution in [0.1, 0.15) is 41.4 Å². The lowest BCUT2D eigenvalue weighted by Crippen LogP contribution is -2.30. The fourth-order valence-electron chi connectivity index (χ4n) is 5.23. The normalized spacial score (nSPS) is 20.0. The Bertz CT molecular complexity index is 1390. The van der Waals surface area contributed by atoms with Gasteiger partial charge in [0.25, 0.3) is 0 Å². The SMILES string of the molecule is O=C1CC(c2ccccc2)CC2=C1C(c1ccccc1Br)c1ccc3ncccc3c1N2. The molecule has 32 heavy (non-hydrogen) atoms. The van der Waals surface area contributed by atoms with E-state index in [1.165, 1.54) is 5.56 Å². The van der Waals surface area contributed by atoms with Crippen molar-refractivity contribution in [3.8, 4) is 0 Å². The maximum absolute atomic E-state index is 13.7. The number of hydrogen-bond acceptors (Lipinski definition) is 3. The van der Waals surface area contributed by atoms with E-state index in [1.807, 2.05) is 30.5 Å². The molecule has 2 heterocycles. The lowest BCUT2D eigenvalue weighted by molar-refractivity contribution is -0.116. The monoisotopic (exact) mass is 480 g/mol. The Kier molecular flexibility index (Phi) is 4.69. The second-order valence-corrected chi connectivity index (χ2v) is 9.37. The molecule has 1 aliphatic heterocycles. The first kappa shape index (κ1) is 19.4. The van der Waals surface area contributed by atoms with E-state index in [9.17, 15) is 4.79 Å². The molecule has 0 bridgehead atoms. The summed E-state index contributed by atoms with van der Waals surface area (Å²) in [5, 5.41) is 4.78. The molecule has 1 N–H and O–H groups in total. The second kappa shape index (κ2) is 7.72. The number of pyridine rings is 1. The average molecular weight is 481 g/mol.